The number of piperidine rings is 1. The maximum Gasteiger partial charge on any atom is 0.430 e. The van der Waals surface area contributed by atoms with E-state index in [2.05, 4.69) is 4.90 Å². The molecule has 0 unspecified atom stereocenters. The first kappa shape index (κ1) is 31.9. The van der Waals surface area contributed by atoms with E-state index in [1.165, 1.54) is 26.3 Å². The van der Waals surface area contributed by atoms with Crippen LogP contribution in [0.2, 0.25) is 5.02 Å². The average Bonchev–Trinajstić information content (AvgIpc) is 3.64. The van der Waals surface area contributed by atoms with E-state index < -0.39 is 23.2 Å². The molecule has 230 valence electrons. The van der Waals surface area contributed by atoms with Crippen molar-refractivity contribution in [2.45, 2.75) is 57.3 Å². The molecule has 2 aromatic carbocycles. The van der Waals surface area contributed by atoms with Gasteiger partial charge < -0.3 is 24.5 Å². The molecule has 2 aliphatic rings. The van der Waals surface area contributed by atoms with Crippen LogP contribution in [0.4, 0.5) is 18.9 Å². The quantitative estimate of drug-likeness (QED) is 0.393. The third-order valence-corrected chi connectivity index (χ3v) is 9.44. The fraction of sp³-hybridized carbons (Fsp3) is 0.548. The highest BCUT2D eigenvalue weighted by Gasteiger charge is 2.62. The highest BCUT2D eigenvalue weighted by Crippen LogP contribution is 2.61. The number of hydrogen-bond donors (Lipinski definition) is 1. The number of alkyl halides is 3. The number of carbonyl (C=O) groups is 2. The summed E-state index contributed by atoms with van der Waals surface area (Å²) in [7, 11) is 4.35. The largest absolute Gasteiger partial charge is 0.497 e. The second kappa shape index (κ2) is 12.0. The summed E-state index contributed by atoms with van der Waals surface area (Å²) in [5.74, 6) is -1.13. The lowest BCUT2D eigenvalue weighted by Crippen LogP contribution is -2.55. The zero-order valence-electron chi connectivity index (χ0n) is 24.7. The molecule has 0 aromatic heterocycles. The molecule has 1 heterocycles. The van der Waals surface area contributed by atoms with Gasteiger partial charge in [0.25, 0.3) is 17.4 Å². The third kappa shape index (κ3) is 6.06. The number of methoxy groups -OCH3 is 1. The Balaban J connectivity index is 1.34. The van der Waals surface area contributed by atoms with E-state index in [1.54, 1.807) is 18.0 Å². The number of amides is 2. The number of likely N-dealkylation sites (N-methyl/N-ethyl adjacent to an activating group) is 1. The van der Waals surface area contributed by atoms with Gasteiger partial charge in [0.05, 0.1) is 17.7 Å². The van der Waals surface area contributed by atoms with Crippen LogP contribution in [0.15, 0.2) is 42.5 Å². The van der Waals surface area contributed by atoms with Crippen molar-refractivity contribution in [2.24, 2.45) is 11.3 Å². The summed E-state index contributed by atoms with van der Waals surface area (Å²) in [5, 5.41) is 11.2. The number of carbonyl (C=O) groups excluding carboxylic acids is 2. The molecule has 1 saturated carbocycles. The molecule has 11 heteroatoms. The van der Waals surface area contributed by atoms with Gasteiger partial charge in [0.15, 0.2) is 0 Å². The normalized spacial score (nSPS) is 19.4. The number of nitrogens with zero attached hydrogens (tertiary/aromatic N) is 3. The number of hydrogen-bond acceptors (Lipinski definition) is 5. The summed E-state index contributed by atoms with van der Waals surface area (Å²) in [6, 6.07) is 10.4. The highest BCUT2D eigenvalue weighted by molar-refractivity contribution is 6.34. The number of ether oxygens (including phenoxy) is 1. The van der Waals surface area contributed by atoms with E-state index in [9.17, 15) is 27.9 Å². The van der Waals surface area contributed by atoms with Crippen molar-refractivity contribution >= 4 is 29.1 Å². The first-order valence-electron chi connectivity index (χ1n) is 14.2. The fourth-order valence-electron chi connectivity index (χ4n) is 5.95. The lowest BCUT2D eigenvalue weighted by Gasteiger charge is -2.35. The van der Waals surface area contributed by atoms with Gasteiger partial charge in [-0.1, -0.05) is 23.7 Å². The van der Waals surface area contributed by atoms with Gasteiger partial charge in [0, 0.05) is 51.0 Å². The predicted molar refractivity (Wildman–Crippen MR) is 156 cm³/mol. The van der Waals surface area contributed by atoms with Crippen LogP contribution in [0.5, 0.6) is 5.75 Å². The summed E-state index contributed by atoms with van der Waals surface area (Å²) in [5.41, 5.74) is -2.73. The molecule has 42 heavy (non-hydrogen) atoms. The number of halogens is 4. The standard InChI is InChI=1S/C31H39ClF3N3O4/c1-20(2)37(4)27(39)25-10-9-23(18-26(25)32)38-15-12-29(13-16-38)19-22(29)11-14-36(3)28(40)30(41,31(33,34)35)21-7-6-8-24(17-21)42-5/h6-10,17-18,20,22,41H,11-16,19H2,1-5H3/t22-,30+/m0/s1. The molecule has 1 N–H and O–H groups in total. The topological polar surface area (TPSA) is 73.3 Å². The SMILES string of the molecule is COc1cccc([C@@](O)(C(=O)N(C)CC[C@H]2CC23CCN(c2ccc(C(=O)N(C)C(C)C)c(Cl)c2)CC3)C(F)(F)F)c1. The Morgan fingerprint density at radius 2 is 1.81 bits per heavy atom. The van der Waals surface area contributed by atoms with E-state index in [0.717, 1.165) is 55.1 Å². The van der Waals surface area contributed by atoms with Crippen molar-refractivity contribution in [3.05, 3.63) is 58.6 Å². The van der Waals surface area contributed by atoms with Gasteiger partial charge in [0.2, 0.25) is 0 Å². The number of anilines is 1. The van der Waals surface area contributed by atoms with Gasteiger partial charge in [-0.15, -0.1) is 0 Å². The second-order valence-electron chi connectivity index (χ2n) is 11.9. The summed E-state index contributed by atoms with van der Waals surface area (Å²) >= 11 is 6.49. The fourth-order valence-corrected chi connectivity index (χ4v) is 6.20. The Morgan fingerprint density at radius 3 is 2.38 bits per heavy atom. The van der Waals surface area contributed by atoms with Crippen LogP contribution >= 0.6 is 11.6 Å². The Labute approximate surface area is 250 Å². The summed E-state index contributed by atoms with van der Waals surface area (Å²) in [6.07, 6.45) is -1.87. The average molecular weight is 610 g/mol. The Morgan fingerprint density at radius 1 is 1.14 bits per heavy atom. The van der Waals surface area contributed by atoms with Crippen molar-refractivity contribution in [1.82, 2.24) is 9.80 Å². The molecule has 7 nitrogen and oxygen atoms in total. The van der Waals surface area contributed by atoms with Crippen molar-refractivity contribution in [2.75, 3.05) is 45.7 Å². The molecule has 2 atom stereocenters. The maximum absolute atomic E-state index is 14.1. The Kier molecular flexibility index (Phi) is 9.09. The molecule has 0 radical (unpaired) electrons. The molecule has 2 fully saturated rings. The molecule has 4 rings (SSSR count). The highest BCUT2D eigenvalue weighted by atomic mass is 35.5. The minimum atomic E-state index is -5.21. The van der Waals surface area contributed by atoms with E-state index >= 15 is 0 Å². The van der Waals surface area contributed by atoms with Crippen molar-refractivity contribution in [1.29, 1.82) is 0 Å². The number of benzene rings is 2. The van der Waals surface area contributed by atoms with Gasteiger partial charge in [-0.3, -0.25) is 9.59 Å². The van der Waals surface area contributed by atoms with E-state index in [1.807, 2.05) is 26.0 Å². The third-order valence-electron chi connectivity index (χ3n) is 9.13. The van der Waals surface area contributed by atoms with Crippen LogP contribution in [-0.2, 0) is 10.4 Å². The van der Waals surface area contributed by atoms with Crippen LogP contribution in [0, 0.1) is 11.3 Å². The van der Waals surface area contributed by atoms with Crippen LogP contribution in [0.25, 0.3) is 0 Å². The van der Waals surface area contributed by atoms with E-state index in [4.69, 9.17) is 16.3 Å². The molecule has 1 aliphatic heterocycles. The van der Waals surface area contributed by atoms with Crippen molar-refractivity contribution in [3.63, 3.8) is 0 Å². The van der Waals surface area contributed by atoms with Crippen LogP contribution in [0.3, 0.4) is 0 Å². The lowest BCUT2D eigenvalue weighted by atomic mass is 9.89. The van der Waals surface area contributed by atoms with Crippen LogP contribution < -0.4 is 9.64 Å². The molecule has 1 spiro atoms. The molecular formula is C31H39ClF3N3O4. The molecule has 0 bridgehead atoms. The lowest BCUT2D eigenvalue weighted by molar-refractivity contribution is -0.261. The van der Waals surface area contributed by atoms with Gasteiger partial charge in [-0.05, 0) is 81.2 Å². The van der Waals surface area contributed by atoms with Gasteiger partial charge in [0.1, 0.15) is 5.75 Å². The summed E-state index contributed by atoms with van der Waals surface area (Å²) in [6.45, 7) is 5.58. The van der Waals surface area contributed by atoms with Gasteiger partial charge >= 0.3 is 6.18 Å². The van der Waals surface area contributed by atoms with E-state index in [0.29, 0.717) is 22.9 Å². The summed E-state index contributed by atoms with van der Waals surface area (Å²) < 4.78 is 47.3. The van der Waals surface area contributed by atoms with E-state index in [-0.39, 0.29) is 29.7 Å². The zero-order valence-corrected chi connectivity index (χ0v) is 25.4. The van der Waals surface area contributed by atoms with Crippen molar-refractivity contribution in [3.8, 4) is 5.75 Å². The van der Waals surface area contributed by atoms with Crippen LogP contribution in [-0.4, -0.2) is 79.8 Å². The summed E-state index contributed by atoms with van der Waals surface area (Å²) in [4.78, 5) is 30.6. The molecule has 1 saturated heterocycles. The first-order chi connectivity index (χ1) is 19.6. The van der Waals surface area contributed by atoms with Gasteiger partial charge in [-0.2, -0.15) is 13.2 Å². The molecule has 2 aromatic rings. The minimum absolute atomic E-state index is 0.0553. The number of rotatable bonds is 9. The smallest absolute Gasteiger partial charge is 0.430 e. The predicted octanol–water partition coefficient (Wildman–Crippen LogP) is 5.73. The Hall–Kier alpha value is -2.98. The number of aliphatic hydroxyl groups is 1. The maximum atomic E-state index is 14.1. The van der Waals surface area contributed by atoms with Gasteiger partial charge in [-0.25, -0.2) is 0 Å². The zero-order chi connectivity index (χ0) is 31.0. The Bertz CT molecular complexity index is 1310. The van der Waals surface area contributed by atoms with Crippen LogP contribution in [0.1, 0.15) is 55.5 Å². The monoisotopic (exact) mass is 609 g/mol. The molecule has 1 aliphatic carbocycles. The first-order valence-corrected chi connectivity index (χ1v) is 14.5. The molecular weight excluding hydrogens is 571 g/mol. The minimum Gasteiger partial charge on any atom is -0.497 e. The van der Waals surface area contributed by atoms with Crippen molar-refractivity contribution < 1.29 is 32.6 Å². The molecule has 2 amide bonds. The second-order valence-corrected chi connectivity index (χ2v) is 12.3.